The zero-order valence-electron chi connectivity index (χ0n) is 11.9. The Bertz CT molecular complexity index is 701. The van der Waals surface area contributed by atoms with Crippen molar-refractivity contribution in [3.63, 3.8) is 0 Å². The summed E-state index contributed by atoms with van der Waals surface area (Å²) in [6.07, 6.45) is 4.76. The molecular formula is C15H17N3O2S. The molecule has 2 unspecified atom stereocenters. The molecule has 2 aliphatic rings. The van der Waals surface area contributed by atoms with Gasteiger partial charge in [0, 0.05) is 13.1 Å². The Morgan fingerprint density at radius 3 is 3.29 bits per heavy atom. The zero-order valence-corrected chi connectivity index (χ0v) is 12.7. The highest BCUT2D eigenvalue weighted by atomic mass is 32.1. The summed E-state index contributed by atoms with van der Waals surface area (Å²) >= 11 is 1.62. The molecule has 0 N–H and O–H groups in total. The fourth-order valence-corrected chi connectivity index (χ4v) is 4.74. The van der Waals surface area contributed by atoms with Gasteiger partial charge in [-0.3, -0.25) is 4.79 Å². The Kier molecular flexibility index (Phi) is 2.89. The molecular weight excluding hydrogens is 286 g/mol. The fourth-order valence-electron chi connectivity index (χ4n) is 4.02. The van der Waals surface area contributed by atoms with Gasteiger partial charge in [-0.1, -0.05) is 6.42 Å². The van der Waals surface area contributed by atoms with E-state index in [-0.39, 0.29) is 11.4 Å². The van der Waals surface area contributed by atoms with Crippen LogP contribution in [-0.4, -0.2) is 36.1 Å². The second-order valence-electron chi connectivity index (χ2n) is 5.95. The predicted octanol–water partition coefficient (Wildman–Crippen LogP) is 2.47. The van der Waals surface area contributed by atoms with Crippen LogP contribution in [0.4, 0.5) is 5.82 Å². The van der Waals surface area contributed by atoms with Gasteiger partial charge in [0.15, 0.2) is 0 Å². The number of thiophene rings is 1. The topological polar surface area (TPSA) is 55.3 Å². The lowest BCUT2D eigenvalue weighted by molar-refractivity contribution is -0.152. The van der Waals surface area contributed by atoms with Gasteiger partial charge < -0.3 is 9.64 Å². The average Bonchev–Trinajstić information content (AvgIpc) is 3.18. The molecule has 5 nitrogen and oxygen atoms in total. The van der Waals surface area contributed by atoms with Gasteiger partial charge in [-0.2, -0.15) is 0 Å². The molecule has 110 valence electrons. The third kappa shape index (κ3) is 1.78. The van der Waals surface area contributed by atoms with Gasteiger partial charge in [-0.15, -0.1) is 11.3 Å². The van der Waals surface area contributed by atoms with E-state index >= 15 is 0 Å². The number of methoxy groups -OCH3 is 1. The number of aromatic nitrogens is 2. The summed E-state index contributed by atoms with van der Waals surface area (Å²) in [5.74, 6) is 1.29. The van der Waals surface area contributed by atoms with Crippen LogP contribution in [0.25, 0.3) is 10.2 Å². The van der Waals surface area contributed by atoms with Crippen molar-refractivity contribution in [2.75, 3.05) is 25.1 Å². The summed E-state index contributed by atoms with van der Waals surface area (Å²) in [5, 5.41) is 3.12. The van der Waals surface area contributed by atoms with E-state index in [0.29, 0.717) is 12.5 Å². The molecule has 3 heterocycles. The molecule has 1 aliphatic heterocycles. The number of anilines is 1. The second-order valence-corrected chi connectivity index (χ2v) is 6.85. The van der Waals surface area contributed by atoms with Crippen molar-refractivity contribution < 1.29 is 9.53 Å². The number of ether oxygens (including phenoxy) is 1. The van der Waals surface area contributed by atoms with E-state index in [4.69, 9.17) is 4.74 Å². The van der Waals surface area contributed by atoms with Crippen molar-refractivity contribution in [2.45, 2.75) is 19.3 Å². The lowest BCUT2D eigenvalue weighted by Crippen LogP contribution is -2.37. The van der Waals surface area contributed by atoms with E-state index in [1.165, 1.54) is 7.11 Å². The summed E-state index contributed by atoms with van der Waals surface area (Å²) in [7, 11) is 1.50. The smallest absolute Gasteiger partial charge is 0.313 e. The SMILES string of the molecule is COC(=O)C12CCCC1CN(c1ncnc3sccc13)C2. The normalized spacial score (nSPS) is 28.0. The molecule has 2 atom stereocenters. The maximum atomic E-state index is 12.3. The highest BCUT2D eigenvalue weighted by molar-refractivity contribution is 7.16. The van der Waals surface area contributed by atoms with E-state index in [1.807, 2.05) is 5.38 Å². The Hall–Kier alpha value is -1.69. The summed E-state index contributed by atoms with van der Waals surface area (Å²) in [6, 6.07) is 2.06. The molecule has 1 saturated carbocycles. The number of rotatable bonds is 2. The molecule has 0 amide bonds. The van der Waals surface area contributed by atoms with Gasteiger partial charge in [-0.05, 0) is 30.2 Å². The van der Waals surface area contributed by atoms with E-state index < -0.39 is 0 Å². The van der Waals surface area contributed by atoms with Gasteiger partial charge in [0.05, 0.1) is 17.9 Å². The molecule has 2 aromatic rings. The lowest BCUT2D eigenvalue weighted by atomic mass is 9.81. The first kappa shape index (κ1) is 13.0. The first-order chi connectivity index (χ1) is 10.2. The lowest BCUT2D eigenvalue weighted by Gasteiger charge is -2.25. The van der Waals surface area contributed by atoms with Crippen LogP contribution in [0.15, 0.2) is 17.8 Å². The molecule has 2 aromatic heterocycles. The number of carbonyl (C=O) groups is 1. The minimum absolute atomic E-state index is 0.0527. The number of nitrogens with zero attached hydrogens (tertiary/aromatic N) is 3. The van der Waals surface area contributed by atoms with Gasteiger partial charge in [-0.25, -0.2) is 9.97 Å². The zero-order chi connectivity index (χ0) is 14.4. The predicted molar refractivity (Wildman–Crippen MR) is 81.4 cm³/mol. The molecule has 0 radical (unpaired) electrons. The van der Waals surface area contributed by atoms with Gasteiger partial charge in [0.2, 0.25) is 0 Å². The van der Waals surface area contributed by atoms with Crippen LogP contribution in [0.2, 0.25) is 0 Å². The number of hydrogen-bond acceptors (Lipinski definition) is 6. The van der Waals surface area contributed by atoms with Crippen LogP contribution in [-0.2, 0) is 9.53 Å². The average molecular weight is 303 g/mol. The summed E-state index contributed by atoms with van der Waals surface area (Å²) < 4.78 is 5.10. The van der Waals surface area contributed by atoms with E-state index in [9.17, 15) is 4.79 Å². The first-order valence-electron chi connectivity index (χ1n) is 7.26. The van der Waals surface area contributed by atoms with Crippen LogP contribution in [0.1, 0.15) is 19.3 Å². The summed E-state index contributed by atoms with van der Waals surface area (Å²) in [5.41, 5.74) is -0.331. The van der Waals surface area contributed by atoms with Crippen LogP contribution < -0.4 is 4.90 Å². The molecule has 0 aromatic carbocycles. The minimum Gasteiger partial charge on any atom is -0.469 e. The van der Waals surface area contributed by atoms with Crippen LogP contribution >= 0.6 is 11.3 Å². The Morgan fingerprint density at radius 2 is 2.43 bits per heavy atom. The van der Waals surface area contributed by atoms with Crippen molar-refractivity contribution in [3.8, 4) is 0 Å². The van der Waals surface area contributed by atoms with E-state index in [1.54, 1.807) is 17.7 Å². The minimum atomic E-state index is -0.331. The molecule has 2 fully saturated rings. The van der Waals surface area contributed by atoms with Gasteiger partial charge in [0.1, 0.15) is 17.0 Å². The van der Waals surface area contributed by atoms with Crippen molar-refractivity contribution in [1.29, 1.82) is 0 Å². The maximum Gasteiger partial charge on any atom is 0.313 e. The van der Waals surface area contributed by atoms with Crippen molar-refractivity contribution >= 4 is 33.3 Å². The maximum absolute atomic E-state index is 12.3. The second kappa shape index (κ2) is 4.66. The van der Waals surface area contributed by atoms with Gasteiger partial charge >= 0.3 is 5.97 Å². The highest BCUT2D eigenvalue weighted by Crippen LogP contribution is 2.50. The molecule has 0 spiro atoms. The molecule has 1 saturated heterocycles. The van der Waals surface area contributed by atoms with Gasteiger partial charge in [0.25, 0.3) is 0 Å². The monoisotopic (exact) mass is 303 g/mol. The third-order valence-corrected chi connectivity index (χ3v) is 5.82. The number of esters is 1. The van der Waals surface area contributed by atoms with Crippen LogP contribution in [0, 0.1) is 11.3 Å². The van der Waals surface area contributed by atoms with Crippen molar-refractivity contribution in [3.05, 3.63) is 17.8 Å². The standard InChI is InChI=1S/C15H17N3O2S/c1-20-14(19)15-5-2-3-10(15)7-18(8-15)12-11-4-6-21-13(11)17-9-16-12/h4,6,9-10H,2-3,5,7-8H2,1H3. The quantitative estimate of drug-likeness (QED) is 0.798. The van der Waals surface area contributed by atoms with E-state index in [0.717, 1.165) is 41.8 Å². The summed E-state index contributed by atoms with van der Waals surface area (Å²) in [6.45, 7) is 1.60. The number of carbonyl (C=O) groups excluding carboxylic acids is 1. The number of fused-ring (bicyclic) bond motifs is 2. The largest absolute Gasteiger partial charge is 0.469 e. The third-order valence-electron chi connectivity index (χ3n) is 5.00. The van der Waals surface area contributed by atoms with Crippen LogP contribution in [0.3, 0.4) is 0 Å². The molecule has 4 rings (SSSR count). The highest BCUT2D eigenvalue weighted by Gasteiger charge is 2.55. The summed E-state index contributed by atoms with van der Waals surface area (Å²) in [4.78, 5) is 24.4. The number of hydrogen-bond donors (Lipinski definition) is 0. The Morgan fingerprint density at radius 1 is 1.52 bits per heavy atom. The van der Waals surface area contributed by atoms with E-state index in [2.05, 4.69) is 20.9 Å². The molecule has 6 heteroatoms. The molecule has 21 heavy (non-hydrogen) atoms. The molecule has 1 aliphatic carbocycles. The van der Waals surface area contributed by atoms with Crippen LogP contribution in [0.5, 0.6) is 0 Å². The Balaban J connectivity index is 1.73. The first-order valence-corrected chi connectivity index (χ1v) is 8.14. The van der Waals surface area contributed by atoms with Crippen molar-refractivity contribution in [1.82, 2.24) is 9.97 Å². The fraction of sp³-hybridized carbons (Fsp3) is 0.533. The Labute approximate surface area is 127 Å². The van der Waals surface area contributed by atoms with Crippen molar-refractivity contribution in [2.24, 2.45) is 11.3 Å². The molecule has 0 bridgehead atoms.